The second-order valence-corrected chi connectivity index (χ2v) is 7.67. The average molecular weight is 370 g/mol. The predicted molar refractivity (Wildman–Crippen MR) is 101 cm³/mol. The van der Waals surface area contributed by atoms with Crippen LogP contribution in [0.25, 0.3) is 11.1 Å². The van der Waals surface area contributed by atoms with Gasteiger partial charge in [0.05, 0.1) is 6.54 Å². The summed E-state index contributed by atoms with van der Waals surface area (Å²) in [5, 5.41) is 2.84. The largest absolute Gasteiger partial charge is 0.439 e. The number of nitrogens with zero attached hydrogens (tertiary/aromatic N) is 3. The van der Waals surface area contributed by atoms with E-state index in [1.54, 1.807) is 11.9 Å². The number of likely N-dealkylation sites (tertiary alicyclic amines) is 1. The van der Waals surface area contributed by atoms with Crippen molar-refractivity contribution >= 4 is 23.0 Å². The van der Waals surface area contributed by atoms with Gasteiger partial charge >= 0.3 is 6.03 Å². The number of carbonyl (C=O) groups excluding carboxylic acids is 2. The van der Waals surface area contributed by atoms with E-state index in [0.29, 0.717) is 30.5 Å². The molecule has 0 bridgehead atoms. The molecule has 2 aromatic rings. The Labute approximate surface area is 158 Å². The molecule has 1 N–H and O–H groups in total. The molecule has 2 heterocycles. The van der Waals surface area contributed by atoms with Crippen LogP contribution in [-0.2, 0) is 11.3 Å². The first-order chi connectivity index (χ1) is 13.1. The van der Waals surface area contributed by atoms with Crippen LogP contribution >= 0.6 is 0 Å². The molecular formula is C20H26N4O3. The summed E-state index contributed by atoms with van der Waals surface area (Å²) in [5.74, 6) is 0.937. The Bertz CT molecular complexity index is 794. The highest BCUT2D eigenvalue weighted by Gasteiger charge is 2.36. The van der Waals surface area contributed by atoms with Crippen LogP contribution in [0.2, 0.25) is 0 Å². The number of hydrogen-bond donors (Lipinski definition) is 1. The smallest absolute Gasteiger partial charge is 0.317 e. The van der Waals surface area contributed by atoms with E-state index in [9.17, 15) is 9.59 Å². The molecule has 4 rings (SSSR count). The summed E-state index contributed by atoms with van der Waals surface area (Å²) in [6, 6.07) is 7.76. The van der Waals surface area contributed by atoms with Gasteiger partial charge in [-0.3, -0.25) is 4.79 Å². The number of urea groups is 1. The third kappa shape index (κ3) is 3.91. The standard InChI is InChI=1S/C20H26N4O3/c1-23(12-14-10-19(25)24(13-14)15-6-2-3-7-15)20(26)21-11-18-22-16-8-4-5-9-17(16)27-18/h4-5,8-9,14-15H,2-3,6-7,10-13H2,1H3,(H,21,26). The monoisotopic (exact) mass is 370 g/mol. The molecule has 1 saturated heterocycles. The van der Waals surface area contributed by atoms with Gasteiger partial charge in [0, 0.05) is 38.5 Å². The van der Waals surface area contributed by atoms with Crippen molar-refractivity contribution in [2.24, 2.45) is 5.92 Å². The van der Waals surface area contributed by atoms with Gasteiger partial charge in [0.2, 0.25) is 11.8 Å². The Morgan fingerprint density at radius 2 is 2.11 bits per heavy atom. The van der Waals surface area contributed by atoms with Gasteiger partial charge in [-0.25, -0.2) is 9.78 Å². The molecule has 1 saturated carbocycles. The number of rotatable bonds is 5. The molecular weight excluding hydrogens is 344 g/mol. The van der Waals surface area contributed by atoms with Crippen LogP contribution in [-0.4, -0.2) is 52.9 Å². The van der Waals surface area contributed by atoms with Gasteiger partial charge in [-0.15, -0.1) is 0 Å². The quantitative estimate of drug-likeness (QED) is 0.878. The van der Waals surface area contributed by atoms with Crippen molar-refractivity contribution in [3.63, 3.8) is 0 Å². The third-order valence-electron chi connectivity index (χ3n) is 5.61. The van der Waals surface area contributed by atoms with Crippen LogP contribution in [0.15, 0.2) is 28.7 Å². The first-order valence-electron chi connectivity index (χ1n) is 9.73. The molecule has 0 spiro atoms. The third-order valence-corrected chi connectivity index (χ3v) is 5.61. The summed E-state index contributed by atoms with van der Waals surface area (Å²) in [5.41, 5.74) is 1.50. The summed E-state index contributed by atoms with van der Waals surface area (Å²) < 4.78 is 5.62. The maximum atomic E-state index is 12.4. The fourth-order valence-electron chi connectivity index (χ4n) is 4.25. The molecule has 1 unspecified atom stereocenters. The molecule has 1 aromatic heterocycles. The first-order valence-corrected chi connectivity index (χ1v) is 9.73. The summed E-state index contributed by atoms with van der Waals surface area (Å²) in [6.45, 7) is 1.59. The zero-order valence-corrected chi connectivity index (χ0v) is 15.7. The van der Waals surface area contributed by atoms with Crippen molar-refractivity contribution in [2.45, 2.75) is 44.7 Å². The van der Waals surface area contributed by atoms with E-state index in [0.717, 1.165) is 24.9 Å². The second-order valence-electron chi connectivity index (χ2n) is 7.67. The number of carbonyl (C=O) groups is 2. The molecule has 1 aromatic carbocycles. The Hall–Kier alpha value is -2.57. The lowest BCUT2D eigenvalue weighted by Crippen LogP contribution is -2.40. The van der Waals surface area contributed by atoms with Gasteiger partial charge in [-0.2, -0.15) is 0 Å². The number of oxazole rings is 1. The van der Waals surface area contributed by atoms with Crippen LogP contribution in [0.5, 0.6) is 0 Å². The van der Waals surface area contributed by atoms with Crippen molar-refractivity contribution in [3.05, 3.63) is 30.2 Å². The molecule has 1 atom stereocenters. The van der Waals surface area contributed by atoms with Crippen molar-refractivity contribution in [1.29, 1.82) is 0 Å². The topological polar surface area (TPSA) is 78.7 Å². The number of aromatic nitrogens is 1. The normalized spacial score (nSPS) is 20.6. The number of amides is 3. The van der Waals surface area contributed by atoms with Gasteiger partial charge in [0.1, 0.15) is 5.52 Å². The molecule has 1 aliphatic heterocycles. The minimum absolute atomic E-state index is 0.177. The highest BCUT2D eigenvalue weighted by atomic mass is 16.3. The van der Waals surface area contributed by atoms with Crippen molar-refractivity contribution in [3.8, 4) is 0 Å². The second kappa shape index (κ2) is 7.58. The van der Waals surface area contributed by atoms with Crippen LogP contribution in [0.3, 0.4) is 0 Å². The van der Waals surface area contributed by atoms with Crippen LogP contribution in [0, 0.1) is 5.92 Å². The maximum absolute atomic E-state index is 12.4. The minimum Gasteiger partial charge on any atom is -0.439 e. The Morgan fingerprint density at radius 3 is 2.89 bits per heavy atom. The van der Waals surface area contributed by atoms with Gasteiger partial charge in [0.15, 0.2) is 5.58 Å². The number of hydrogen-bond acceptors (Lipinski definition) is 4. The maximum Gasteiger partial charge on any atom is 0.317 e. The number of para-hydroxylation sites is 2. The van der Waals surface area contributed by atoms with E-state index in [2.05, 4.69) is 10.3 Å². The molecule has 0 radical (unpaired) electrons. The number of benzene rings is 1. The van der Waals surface area contributed by atoms with E-state index in [1.165, 1.54) is 12.8 Å². The van der Waals surface area contributed by atoms with E-state index in [4.69, 9.17) is 4.42 Å². The van der Waals surface area contributed by atoms with Gasteiger partial charge in [0.25, 0.3) is 0 Å². The molecule has 2 aliphatic rings. The zero-order chi connectivity index (χ0) is 18.8. The van der Waals surface area contributed by atoms with Crippen LogP contribution < -0.4 is 5.32 Å². The van der Waals surface area contributed by atoms with E-state index in [1.807, 2.05) is 29.2 Å². The molecule has 1 aliphatic carbocycles. The molecule has 7 nitrogen and oxygen atoms in total. The average Bonchev–Trinajstić information content (AvgIpc) is 3.38. The Morgan fingerprint density at radius 1 is 1.33 bits per heavy atom. The molecule has 3 amide bonds. The van der Waals surface area contributed by atoms with Crippen molar-refractivity contribution in [1.82, 2.24) is 20.1 Å². The van der Waals surface area contributed by atoms with Gasteiger partial charge < -0.3 is 19.5 Å². The number of fused-ring (bicyclic) bond motifs is 1. The van der Waals surface area contributed by atoms with Crippen molar-refractivity contribution < 1.29 is 14.0 Å². The molecule has 7 heteroatoms. The van der Waals surface area contributed by atoms with E-state index < -0.39 is 0 Å². The lowest BCUT2D eigenvalue weighted by molar-refractivity contribution is -0.129. The van der Waals surface area contributed by atoms with E-state index in [-0.39, 0.29) is 24.4 Å². The Kier molecular flexibility index (Phi) is 5.01. The summed E-state index contributed by atoms with van der Waals surface area (Å²) in [4.78, 5) is 32.7. The van der Waals surface area contributed by atoms with E-state index >= 15 is 0 Å². The molecule has 144 valence electrons. The van der Waals surface area contributed by atoms with Crippen molar-refractivity contribution in [2.75, 3.05) is 20.1 Å². The summed E-state index contributed by atoms with van der Waals surface area (Å²) in [6.07, 6.45) is 5.23. The molecule has 27 heavy (non-hydrogen) atoms. The summed E-state index contributed by atoms with van der Waals surface area (Å²) >= 11 is 0. The fourth-order valence-corrected chi connectivity index (χ4v) is 4.25. The zero-order valence-electron chi connectivity index (χ0n) is 15.7. The van der Waals surface area contributed by atoms with Crippen LogP contribution in [0.4, 0.5) is 4.79 Å². The minimum atomic E-state index is -0.177. The highest BCUT2D eigenvalue weighted by molar-refractivity contribution is 5.79. The molecule has 2 fully saturated rings. The lowest BCUT2D eigenvalue weighted by Gasteiger charge is -2.25. The highest BCUT2D eigenvalue weighted by Crippen LogP contribution is 2.29. The number of nitrogens with one attached hydrogen (secondary N) is 1. The Balaban J connectivity index is 1.27. The predicted octanol–water partition coefficient (Wildman–Crippen LogP) is 2.76. The van der Waals surface area contributed by atoms with Crippen LogP contribution in [0.1, 0.15) is 38.0 Å². The van der Waals surface area contributed by atoms with Gasteiger partial charge in [-0.1, -0.05) is 25.0 Å². The SMILES string of the molecule is CN(CC1CC(=O)N(C2CCCC2)C1)C(=O)NCc1nc2ccccc2o1. The van der Waals surface area contributed by atoms with Gasteiger partial charge in [-0.05, 0) is 25.0 Å². The lowest BCUT2D eigenvalue weighted by atomic mass is 10.1. The summed E-state index contributed by atoms with van der Waals surface area (Å²) in [7, 11) is 1.77. The fraction of sp³-hybridized carbons (Fsp3) is 0.550. The first kappa shape index (κ1) is 17.8.